The van der Waals surface area contributed by atoms with Crippen molar-refractivity contribution in [2.45, 2.75) is 19.6 Å². The molecule has 3 N–H and O–H groups in total. The summed E-state index contributed by atoms with van der Waals surface area (Å²) in [5.74, 6) is 0.217. The van der Waals surface area contributed by atoms with Gasteiger partial charge in [0.25, 0.3) is 5.56 Å². The fourth-order valence-corrected chi connectivity index (χ4v) is 2.93. The Kier molecular flexibility index (Phi) is 6.60. The van der Waals surface area contributed by atoms with Crippen molar-refractivity contribution in [3.8, 4) is 0 Å². The number of imidazole rings is 1. The van der Waals surface area contributed by atoms with Crippen LogP contribution in [0.15, 0.2) is 57.7 Å². The number of nitrogens with one attached hydrogen (secondary N) is 2. The predicted octanol–water partition coefficient (Wildman–Crippen LogP) is 0.823. The molecule has 10 heteroatoms. The molecule has 2 aromatic heterocycles. The highest BCUT2D eigenvalue weighted by Crippen LogP contribution is 2.16. The second-order valence-electron chi connectivity index (χ2n) is 6.69. The van der Waals surface area contributed by atoms with Crippen LogP contribution in [0.1, 0.15) is 12.5 Å². The molecule has 10 nitrogen and oxygen atoms in total. The number of rotatable bonds is 9. The molecule has 0 radical (unpaired) electrons. The normalized spacial score (nSPS) is 12.8. The van der Waals surface area contributed by atoms with Crippen molar-refractivity contribution in [3.63, 3.8) is 0 Å². The van der Waals surface area contributed by atoms with Crippen LogP contribution in [0.2, 0.25) is 0 Å². The number of nitrogens with zero attached hydrogens (tertiary/aromatic N) is 4. The summed E-state index contributed by atoms with van der Waals surface area (Å²) in [7, 11) is 1.50. The second kappa shape index (κ2) is 9.33. The second-order valence-corrected chi connectivity index (χ2v) is 6.69. The molecule has 0 spiro atoms. The van der Waals surface area contributed by atoms with Crippen LogP contribution in [0.3, 0.4) is 0 Å². The fraction of sp³-hybridized carbons (Fsp3) is 0.300. The molecule has 0 aliphatic heterocycles. The van der Waals surface area contributed by atoms with Gasteiger partial charge in [-0.25, -0.2) is 10.2 Å². The first-order valence-corrected chi connectivity index (χ1v) is 9.34. The molecular formula is C20H24N6O4. The van der Waals surface area contributed by atoms with Gasteiger partial charge in [0.2, 0.25) is 5.95 Å². The quantitative estimate of drug-likeness (QED) is 0.207. The summed E-state index contributed by atoms with van der Waals surface area (Å²) < 4.78 is 8.00. The molecule has 0 aliphatic rings. The molecule has 0 unspecified atom stereocenters. The molecule has 3 rings (SSSR count). The molecule has 3 aromatic rings. The lowest BCUT2D eigenvalue weighted by atomic mass is 10.1. The van der Waals surface area contributed by atoms with E-state index in [1.54, 1.807) is 6.08 Å². The van der Waals surface area contributed by atoms with Gasteiger partial charge in [-0.3, -0.25) is 14.3 Å². The molecule has 0 saturated heterocycles. The number of hydrogen-bond acceptors (Lipinski definition) is 7. The van der Waals surface area contributed by atoms with Crippen LogP contribution in [-0.2, 0) is 18.3 Å². The molecule has 30 heavy (non-hydrogen) atoms. The first-order valence-electron chi connectivity index (χ1n) is 9.34. The highest BCUT2D eigenvalue weighted by atomic mass is 16.5. The largest absolute Gasteiger partial charge is 0.389 e. The van der Waals surface area contributed by atoms with Gasteiger partial charge in [0.05, 0.1) is 31.6 Å². The van der Waals surface area contributed by atoms with E-state index in [2.05, 4.69) is 27.1 Å². The third kappa shape index (κ3) is 4.56. The lowest BCUT2D eigenvalue weighted by Crippen LogP contribution is -2.30. The van der Waals surface area contributed by atoms with E-state index in [-0.39, 0.29) is 30.3 Å². The number of ether oxygens (including phenoxy) is 1. The maximum absolute atomic E-state index is 12.5. The first kappa shape index (κ1) is 21.2. The van der Waals surface area contributed by atoms with Crippen molar-refractivity contribution < 1.29 is 9.84 Å². The van der Waals surface area contributed by atoms with Crippen molar-refractivity contribution >= 4 is 22.8 Å². The Hall–Kier alpha value is -3.50. The fourth-order valence-electron chi connectivity index (χ4n) is 2.93. The number of benzene rings is 1. The minimum absolute atomic E-state index is 0.0111. The predicted molar refractivity (Wildman–Crippen MR) is 115 cm³/mol. The number of H-pyrrole nitrogens is 1. The van der Waals surface area contributed by atoms with Crippen molar-refractivity contribution in [1.29, 1.82) is 0 Å². The number of anilines is 1. The lowest BCUT2D eigenvalue weighted by molar-refractivity contribution is 0.0405. The molecule has 2 heterocycles. The minimum Gasteiger partial charge on any atom is -0.389 e. The van der Waals surface area contributed by atoms with Gasteiger partial charge < -0.3 is 14.4 Å². The van der Waals surface area contributed by atoms with Crippen LogP contribution in [0.4, 0.5) is 5.95 Å². The van der Waals surface area contributed by atoms with Gasteiger partial charge in [-0.2, -0.15) is 10.1 Å². The molecular weight excluding hydrogens is 388 g/mol. The van der Waals surface area contributed by atoms with Gasteiger partial charge in [0.15, 0.2) is 11.2 Å². The average molecular weight is 412 g/mol. The highest BCUT2D eigenvalue weighted by Gasteiger charge is 2.19. The van der Waals surface area contributed by atoms with E-state index < -0.39 is 17.4 Å². The third-order valence-corrected chi connectivity index (χ3v) is 4.46. The number of hydrogen-bond donors (Lipinski definition) is 3. The van der Waals surface area contributed by atoms with Gasteiger partial charge in [0.1, 0.15) is 0 Å². The summed E-state index contributed by atoms with van der Waals surface area (Å²) in [6.07, 6.45) is 0.659. The van der Waals surface area contributed by atoms with Crippen molar-refractivity contribution in [1.82, 2.24) is 19.1 Å². The molecule has 1 atom stereocenters. The Bertz CT molecular complexity index is 1180. The Balaban J connectivity index is 2.00. The minimum atomic E-state index is -0.918. The van der Waals surface area contributed by atoms with Gasteiger partial charge in [-0.1, -0.05) is 36.4 Å². The van der Waals surface area contributed by atoms with Crippen LogP contribution >= 0.6 is 0 Å². The molecule has 158 valence electrons. The van der Waals surface area contributed by atoms with E-state index in [0.717, 1.165) is 5.56 Å². The van der Waals surface area contributed by atoms with E-state index in [4.69, 9.17) is 4.74 Å². The van der Waals surface area contributed by atoms with Crippen LogP contribution in [0.5, 0.6) is 0 Å². The van der Waals surface area contributed by atoms with Gasteiger partial charge in [0, 0.05) is 7.05 Å². The third-order valence-electron chi connectivity index (χ3n) is 4.46. The SMILES string of the molecule is C=CCOC[C@H](O)Cn1c(N/N=C(/C)c2ccccc2)nc2c1c(=O)[nH]c(=O)n2C. The van der Waals surface area contributed by atoms with E-state index in [1.807, 2.05) is 37.3 Å². The molecule has 0 fully saturated rings. The van der Waals surface area contributed by atoms with Crippen LogP contribution < -0.4 is 16.7 Å². The number of aromatic nitrogens is 4. The standard InChI is InChI=1S/C20H24N6O4/c1-4-10-30-12-15(27)11-26-16-17(25(3)20(29)22-18(16)28)21-19(26)24-23-13(2)14-8-6-5-7-9-14/h4-9,15,27H,1,10-12H2,2-3H3,(H,21,24)(H,22,28,29)/b23-13-/t15-/m1/s1. The summed E-state index contributed by atoms with van der Waals surface area (Å²) in [6.45, 7) is 5.74. The topological polar surface area (TPSA) is 127 Å². The monoisotopic (exact) mass is 412 g/mol. The van der Waals surface area contributed by atoms with Gasteiger partial charge >= 0.3 is 5.69 Å². The number of fused-ring (bicyclic) bond motifs is 1. The summed E-state index contributed by atoms with van der Waals surface area (Å²) in [5.41, 5.74) is 3.61. The Morgan fingerprint density at radius 1 is 1.40 bits per heavy atom. The van der Waals surface area contributed by atoms with E-state index in [9.17, 15) is 14.7 Å². The van der Waals surface area contributed by atoms with Gasteiger partial charge in [-0.05, 0) is 12.5 Å². The summed E-state index contributed by atoms with van der Waals surface area (Å²) >= 11 is 0. The zero-order valence-corrected chi connectivity index (χ0v) is 16.8. The smallest absolute Gasteiger partial charge is 0.329 e. The maximum Gasteiger partial charge on any atom is 0.329 e. The molecule has 0 saturated carbocycles. The number of aliphatic hydroxyl groups is 1. The number of aliphatic hydroxyl groups excluding tert-OH is 1. The molecule has 1 aromatic carbocycles. The van der Waals surface area contributed by atoms with Gasteiger partial charge in [-0.15, -0.1) is 6.58 Å². The number of aryl methyl sites for hydroxylation is 1. The van der Waals surface area contributed by atoms with Crippen molar-refractivity contribution in [3.05, 3.63) is 69.4 Å². The Morgan fingerprint density at radius 3 is 2.83 bits per heavy atom. The van der Waals surface area contributed by atoms with E-state index in [0.29, 0.717) is 12.3 Å². The molecule has 0 amide bonds. The van der Waals surface area contributed by atoms with E-state index >= 15 is 0 Å². The van der Waals surface area contributed by atoms with E-state index in [1.165, 1.54) is 16.2 Å². The number of aromatic amines is 1. The summed E-state index contributed by atoms with van der Waals surface area (Å²) in [5, 5.41) is 14.7. The summed E-state index contributed by atoms with van der Waals surface area (Å²) in [4.78, 5) is 31.0. The molecule has 0 aliphatic carbocycles. The zero-order valence-electron chi connectivity index (χ0n) is 16.8. The number of hydrazone groups is 1. The first-order chi connectivity index (χ1) is 14.4. The Labute approximate surface area is 172 Å². The van der Waals surface area contributed by atoms with Crippen LogP contribution in [0, 0.1) is 0 Å². The van der Waals surface area contributed by atoms with Crippen LogP contribution in [-0.4, -0.2) is 49.2 Å². The Morgan fingerprint density at radius 2 is 2.13 bits per heavy atom. The molecule has 0 bridgehead atoms. The zero-order chi connectivity index (χ0) is 21.7. The highest BCUT2D eigenvalue weighted by molar-refractivity contribution is 5.99. The van der Waals surface area contributed by atoms with Crippen molar-refractivity contribution in [2.75, 3.05) is 18.6 Å². The van der Waals surface area contributed by atoms with Crippen LogP contribution in [0.25, 0.3) is 11.2 Å². The van der Waals surface area contributed by atoms with Crippen molar-refractivity contribution in [2.24, 2.45) is 12.1 Å². The average Bonchev–Trinajstić information content (AvgIpc) is 3.10. The summed E-state index contributed by atoms with van der Waals surface area (Å²) in [6, 6.07) is 9.54. The maximum atomic E-state index is 12.5. The lowest BCUT2D eigenvalue weighted by Gasteiger charge is -2.14.